The van der Waals surface area contributed by atoms with Gasteiger partial charge in [-0.25, -0.2) is 0 Å². The van der Waals surface area contributed by atoms with Gasteiger partial charge < -0.3 is 5.32 Å². The van der Waals surface area contributed by atoms with Crippen LogP contribution in [0.5, 0.6) is 0 Å². The molecule has 1 saturated carbocycles. The van der Waals surface area contributed by atoms with Gasteiger partial charge in [-0.1, -0.05) is 0 Å². The second-order valence-corrected chi connectivity index (χ2v) is 8.52. The number of halogens is 1. The minimum absolute atomic E-state index is 0.00336. The van der Waals surface area contributed by atoms with E-state index in [0.717, 1.165) is 45.6 Å². The molecule has 1 saturated heterocycles. The van der Waals surface area contributed by atoms with Crippen molar-refractivity contribution in [1.29, 1.82) is 0 Å². The molecule has 0 radical (unpaired) electrons. The first kappa shape index (κ1) is 15.5. The Labute approximate surface area is 138 Å². The van der Waals surface area contributed by atoms with Crippen LogP contribution in [-0.4, -0.2) is 54.0 Å². The Kier molecular flexibility index (Phi) is 4.99. The highest BCUT2D eigenvalue weighted by Crippen LogP contribution is 2.24. The van der Waals surface area contributed by atoms with Gasteiger partial charge in [0, 0.05) is 43.6 Å². The Hall–Kier alpha value is -0.430. The van der Waals surface area contributed by atoms with E-state index in [4.69, 9.17) is 0 Å². The van der Waals surface area contributed by atoms with Crippen molar-refractivity contribution in [3.05, 3.63) is 20.8 Å². The second-order valence-electron chi connectivity index (χ2n) is 5.98. The van der Waals surface area contributed by atoms with E-state index in [1.54, 1.807) is 11.3 Å². The third-order valence-corrected chi connectivity index (χ3v) is 5.87. The van der Waals surface area contributed by atoms with Crippen LogP contribution in [0, 0.1) is 0 Å². The van der Waals surface area contributed by atoms with Gasteiger partial charge in [-0.3, -0.25) is 14.6 Å². The predicted molar refractivity (Wildman–Crippen MR) is 89.5 cm³/mol. The number of amides is 1. The van der Waals surface area contributed by atoms with Crippen molar-refractivity contribution in [2.45, 2.75) is 38.4 Å². The van der Waals surface area contributed by atoms with Crippen LogP contribution in [0.1, 0.15) is 24.6 Å². The number of thiophene rings is 1. The number of piperazine rings is 1. The quantitative estimate of drug-likeness (QED) is 0.862. The SMILES string of the molecule is CC(C(=O)NC1CC1)N1CCN(Cc2ccc(Br)s2)CC1. The average Bonchev–Trinajstić information content (AvgIpc) is 3.20. The first-order valence-electron chi connectivity index (χ1n) is 7.63. The predicted octanol–water partition coefficient (Wildman–Crippen LogP) is 2.30. The molecule has 2 heterocycles. The van der Waals surface area contributed by atoms with Gasteiger partial charge in [0.15, 0.2) is 0 Å². The van der Waals surface area contributed by atoms with Gasteiger partial charge in [-0.15, -0.1) is 11.3 Å². The van der Waals surface area contributed by atoms with Crippen LogP contribution in [0.3, 0.4) is 0 Å². The third kappa shape index (κ3) is 4.28. The molecule has 4 nitrogen and oxygen atoms in total. The van der Waals surface area contributed by atoms with Gasteiger partial charge in [-0.05, 0) is 47.8 Å². The van der Waals surface area contributed by atoms with Crippen molar-refractivity contribution in [3.63, 3.8) is 0 Å². The van der Waals surface area contributed by atoms with Crippen molar-refractivity contribution >= 4 is 33.2 Å². The molecule has 3 rings (SSSR count). The van der Waals surface area contributed by atoms with E-state index in [1.165, 1.54) is 8.66 Å². The summed E-state index contributed by atoms with van der Waals surface area (Å²) in [6, 6.07) is 4.76. The fraction of sp³-hybridized carbons (Fsp3) is 0.667. The largest absolute Gasteiger partial charge is 0.352 e. The smallest absolute Gasteiger partial charge is 0.237 e. The molecule has 1 aliphatic heterocycles. The normalized spacial score (nSPS) is 22.2. The molecule has 1 N–H and O–H groups in total. The Morgan fingerprint density at radius 3 is 2.67 bits per heavy atom. The van der Waals surface area contributed by atoms with Gasteiger partial charge in [-0.2, -0.15) is 0 Å². The Morgan fingerprint density at radius 1 is 1.38 bits per heavy atom. The standard InChI is InChI=1S/C15H22BrN3OS/c1-11(15(20)17-12-2-3-12)19-8-6-18(7-9-19)10-13-4-5-14(16)21-13/h4-5,11-12H,2-3,6-10H2,1H3,(H,17,20). The van der Waals surface area contributed by atoms with E-state index in [1.807, 2.05) is 6.92 Å². The lowest BCUT2D eigenvalue weighted by Crippen LogP contribution is -2.53. The van der Waals surface area contributed by atoms with Crippen molar-refractivity contribution in [3.8, 4) is 0 Å². The number of hydrogen-bond acceptors (Lipinski definition) is 4. The molecule has 2 aliphatic rings. The molecule has 1 aliphatic carbocycles. The number of carbonyl (C=O) groups excluding carboxylic acids is 1. The molecule has 1 amide bonds. The number of nitrogens with one attached hydrogen (secondary N) is 1. The first-order chi connectivity index (χ1) is 10.1. The third-order valence-electron chi connectivity index (χ3n) is 4.27. The maximum Gasteiger partial charge on any atom is 0.237 e. The number of carbonyl (C=O) groups is 1. The molecule has 6 heteroatoms. The highest BCUT2D eigenvalue weighted by molar-refractivity contribution is 9.11. The molecule has 21 heavy (non-hydrogen) atoms. The fourth-order valence-electron chi connectivity index (χ4n) is 2.68. The van der Waals surface area contributed by atoms with Crippen LogP contribution < -0.4 is 5.32 Å². The summed E-state index contributed by atoms with van der Waals surface area (Å²) in [6.45, 7) is 7.08. The Morgan fingerprint density at radius 2 is 2.10 bits per heavy atom. The summed E-state index contributed by atoms with van der Waals surface area (Å²) in [5.41, 5.74) is 0. The number of nitrogens with zero attached hydrogens (tertiary/aromatic N) is 2. The number of hydrogen-bond donors (Lipinski definition) is 1. The molecular formula is C15H22BrN3OS. The van der Waals surface area contributed by atoms with E-state index >= 15 is 0 Å². The summed E-state index contributed by atoms with van der Waals surface area (Å²) in [5, 5.41) is 3.11. The van der Waals surface area contributed by atoms with E-state index in [9.17, 15) is 4.79 Å². The molecule has 0 bridgehead atoms. The summed E-state index contributed by atoms with van der Waals surface area (Å²) < 4.78 is 1.20. The molecule has 0 spiro atoms. The van der Waals surface area contributed by atoms with Crippen LogP contribution in [0.2, 0.25) is 0 Å². The lowest BCUT2D eigenvalue weighted by molar-refractivity contribution is -0.126. The maximum atomic E-state index is 12.1. The van der Waals surface area contributed by atoms with Crippen molar-refractivity contribution in [2.75, 3.05) is 26.2 Å². The van der Waals surface area contributed by atoms with Crippen LogP contribution in [0.15, 0.2) is 15.9 Å². The van der Waals surface area contributed by atoms with E-state index in [0.29, 0.717) is 6.04 Å². The zero-order valence-corrected chi connectivity index (χ0v) is 14.8. The zero-order chi connectivity index (χ0) is 14.8. The van der Waals surface area contributed by atoms with Gasteiger partial charge >= 0.3 is 0 Å². The number of rotatable bonds is 5. The van der Waals surface area contributed by atoms with Crippen LogP contribution >= 0.6 is 27.3 Å². The Bertz CT molecular complexity index is 495. The molecular weight excluding hydrogens is 350 g/mol. The van der Waals surface area contributed by atoms with Gasteiger partial charge in [0.25, 0.3) is 0 Å². The molecule has 1 aromatic rings. The topological polar surface area (TPSA) is 35.6 Å². The fourth-order valence-corrected chi connectivity index (χ4v) is 4.21. The van der Waals surface area contributed by atoms with Gasteiger partial charge in [0.2, 0.25) is 5.91 Å². The second kappa shape index (κ2) is 6.77. The average molecular weight is 372 g/mol. The van der Waals surface area contributed by atoms with E-state index < -0.39 is 0 Å². The molecule has 1 unspecified atom stereocenters. The molecule has 116 valence electrons. The van der Waals surface area contributed by atoms with Gasteiger partial charge in [0.1, 0.15) is 0 Å². The maximum absolute atomic E-state index is 12.1. The molecule has 0 aromatic carbocycles. The molecule has 2 fully saturated rings. The summed E-state index contributed by atoms with van der Waals surface area (Å²) in [5.74, 6) is 0.202. The highest BCUT2D eigenvalue weighted by Gasteiger charge is 2.29. The van der Waals surface area contributed by atoms with Crippen LogP contribution in [-0.2, 0) is 11.3 Å². The van der Waals surface area contributed by atoms with Crippen LogP contribution in [0.4, 0.5) is 0 Å². The Balaban J connectivity index is 1.44. The van der Waals surface area contributed by atoms with E-state index in [2.05, 4.69) is 43.2 Å². The first-order valence-corrected chi connectivity index (χ1v) is 9.24. The lowest BCUT2D eigenvalue weighted by atomic mass is 10.2. The monoisotopic (exact) mass is 371 g/mol. The van der Waals surface area contributed by atoms with E-state index in [-0.39, 0.29) is 11.9 Å². The summed E-state index contributed by atoms with van der Waals surface area (Å²) in [4.78, 5) is 18.3. The van der Waals surface area contributed by atoms with Crippen molar-refractivity contribution < 1.29 is 4.79 Å². The molecule has 1 atom stereocenters. The van der Waals surface area contributed by atoms with Crippen molar-refractivity contribution in [1.82, 2.24) is 15.1 Å². The van der Waals surface area contributed by atoms with Gasteiger partial charge in [0.05, 0.1) is 9.83 Å². The van der Waals surface area contributed by atoms with Crippen LogP contribution in [0.25, 0.3) is 0 Å². The minimum atomic E-state index is 0.00336. The summed E-state index contributed by atoms with van der Waals surface area (Å²) >= 11 is 5.32. The zero-order valence-electron chi connectivity index (χ0n) is 12.3. The molecule has 1 aromatic heterocycles. The summed E-state index contributed by atoms with van der Waals surface area (Å²) in [6.07, 6.45) is 2.31. The minimum Gasteiger partial charge on any atom is -0.352 e. The lowest BCUT2D eigenvalue weighted by Gasteiger charge is -2.37. The summed E-state index contributed by atoms with van der Waals surface area (Å²) in [7, 11) is 0. The van der Waals surface area contributed by atoms with Crippen molar-refractivity contribution in [2.24, 2.45) is 0 Å². The highest BCUT2D eigenvalue weighted by atomic mass is 79.9.